The quantitative estimate of drug-likeness (QED) is 0.257. The molecule has 0 rings (SSSR count). The number of hydrogen-bond donors (Lipinski definition) is 1. The van der Waals surface area contributed by atoms with Gasteiger partial charge in [-0.15, -0.1) is 0 Å². The zero-order chi connectivity index (χ0) is 7.65. The third kappa shape index (κ3) is 2.05. The summed E-state index contributed by atoms with van der Waals surface area (Å²) in [7, 11) is 0. The maximum Gasteiger partial charge on any atom is 0.291 e. The number of nitro groups is 1. The highest BCUT2D eigenvalue weighted by molar-refractivity contribution is 14.1. The van der Waals surface area contributed by atoms with Crippen LogP contribution < -0.4 is 0 Å². The number of hydrogen-bond acceptors (Lipinski definition) is 3. The number of rotatable bonds is 2. The van der Waals surface area contributed by atoms with Crippen LogP contribution in [0.2, 0.25) is 0 Å². The molecule has 0 heterocycles. The molecular formula is C4H8INO3. The fourth-order valence-corrected chi connectivity index (χ4v) is 0.153. The van der Waals surface area contributed by atoms with E-state index in [1.807, 2.05) is 0 Å². The van der Waals surface area contributed by atoms with Gasteiger partial charge in [0.15, 0.2) is 0 Å². The van der Waals surface area contributed by atoms with E-state index in [1.165, 1.54) is 13.8 Å². The zero-order valence-corrected chi connectivity index (χ0v) is 7.32. The van der Waals surface area contributed by atoms with Crippen LogP contribution in [0.3, 0.4) is 0 Å². The van der Waals surface area contributed by atoms with Crippen molar-refractivity contribution in [2.75, 3.05) is 0 Å². The Kier molecular flexibility index (Phi) is 2.81. The number of alkyl halides is 1. The van der Waals surface area contributed by atoms with Gasteiger partial charge in [-0.2, -0.15) is 0 Å². The first-order valence-corrected chi connectivity index (χ1v) is 3.48. The average molecular weight is 245 g/mol. The minimum absolute atomic E-state index is 0.502. The van der Waals surface area contributed by atoms with Crippen LogP contribution in [0.5, 0.6) is 0 Å². The summed E-state index contributed by atoms with van der Waals surface area (Å²) < 4.78 is -1.25. The van der Waals surface area contributed by atoms with Crippen LogP contribution in [0.25, 0.3) is 0 Å². The van der Waals surface area contributed by atoms with Crippen LogP contribution in [-0.4, -0.2) is 19.7 Å². The van der Waals surface area contributed by atoms with E-state index in [9.17, 15) is 10.1 Å². The van der Waals surface area contributed by atoms with Crippen LogP contribution in [0.4, 0.5) is 0 Å². The Morgan fingerprint density at radius 2 is 2.22 bits per heavy atom. The van der Waals surface area contributed by atoms with Gasteiger partial charge in [-0.3, -0.25) is 10.1 Å². The summed E-state index contributed by atoms with van der Waals surface area (Å²) in [6.07, 6.45) is -0.923. The molecule has 5 heteroatoms. The van der Waals surface area contributed by atoms with Crippen molar-refractivity contribution < 1.29 is 10.0 Å². The summed E-state index contributed by atoms with van der Waals surface area (Å²) in [6, 6.07) is 0. The summed E-state index contributed by atoms with van der Waals surface area (Å²) in [5.41, 5.74) is 0. The molecule has 0 saturated heterocycles. The second-order valence-corrected chi connectivity index (χ2v) is 4.14. The molecular weight excluding hydrogens is 237 g/mol. The minimum atomic E-state index is -1.25. The highest BCUT2D eigenvalue weighted by atomic mass is 127. The molecule has 0 aliphatic heterocycles. The molecule has 9 heavy (non-hydrogen) atoms. The third-order valence-electron chi connectivity index (χ3n) is 1.12. The zero-order valence-electron chi connectivity index (χ0n) is 5.17. The summed E-state index contributed by atoms with van der Waals surface area (Å²) >= 11 is 1.61. The molecule has 2 unspecified atom stereocenters. The lowest BCUT2D eigenvalue weighted by Crippen LogP contribution is -2.38. The lowest BCUT2D eigenvalue weighted by molar-refractivity contribution is -0.537. The standard InChI is InChI=1S/C4H8INO3/c1-3(7)4(2,5)6(8)9/h3,7H,1-2H3. The predicted molar refractivity (Wildman–Crippen MR) is 41.1 cm³/mol. The van der Waals surface area contributed by atoms with Crippen LogP contribution in [0.15, 0.2) is 0 Å². The number of aliphatic hydroxyl groups is 1. The van der Waals surface area contributed by atoms with Gasteiger partial charge < -0.3 is 5.11 Å². The van der Waals surface area contributed by atoms with Crippen LogP contribution in [-0.2, 0) is 0 Å². The summed E-state index contributed by atoms with van der Waals surface area (Å²) in [5.74, 6) is 0. The first-order chi connectivity index (χ1) is 3.89. The van der Waals surface area contributed by atoms with Crippen molar-refractivity contribution in [3.8, 4) is 0 Å². The first-order valence-electron chi connectivity index (χ1n) is 2.40. The summed E-state index contributed by atoms with van der Waals surface area (Å²) in [6.45, 7) is 2.77. The van der Waals surface area contributed by atoms with Crippen molar-refractivity contribution in [1.29, 1.82) is 0 Å². The molecule has 0 aliphatic rings. The molecule has 54 valence electrons. The topological polar surface area (TPSA) is 63.4 Å². The van der Waals surface area contributed by atoms with E-state index in [4.69, 9.17) is 5.11 Å². The van der Waals surface area contributed by atoms with Gasteiger partial charge in [0, 0.05) is 34.4 Å². The Balaban J connectivity index is 4.19. The Morgan fingerprint density at radius 1 is 1.89 bits per heavy atom. The Labute approximate surface area is 66.5 Å². The van der Waals surface area contributed by atoms with E-state index < -0.39 is 14.6 Å². The van der Waals surface area contributed by atoms with Crippen LogP contribution >= 0.6 is 22.6 Å². The molecule has 2 atom stereocenters. The fourth-order valence-electron chi connectivity index (χ4n) is 0.153. The second-order valence-electron chi connectivity index (χ2n) is 1.96. The molecule has 0 radical (unpaired) electrons. The molecule has 4 nitrogen and oxygen atoms in total. The normalized spacial score (nSPS) is 20.4. The van der Waals surface area contributed by atoms with Crippen molar-refractivity contribution >= 4 is 22.6 Å². The van der Waals surface area contributed by atoms with E-state index in [0.29, 0.717) is 0 Å². The van der Waals surface area contributed by atoms with Gasteiger partial charge in [-0.1, -0.05) is 0 Å². The Bertz CT molecular complexity index is 123. The van der Waals surface area contributed by atoms with Gasteiger partial charge in [0.25, 0.3) is 3.55 Å². The Morgan fingerprint density at radius 3 is 2.22 bits per heavy atom. The lowest BCUT2D eigenvalue weighted by Gasteiger charge is -2.15. The second kappa shape index (κ2) is 2.78. The van der Waals surface area contributed by atoms with E-state index in [1.54, 1.807) is 22.6 Å². The molecule has 0 bridgehead atoms. The summed E-state index contributed by atoms with van der Waals surface area (Å²) in [4.78, 5) is 9.60. The average Bonchev–Trinajstić information content (AvgIpc) is 1.65. The maximum atomic E-state index is 10.1. The van der Waals surface area contributed by atoms with E-state index in [2.05, 4.69) is 0 Å². The molecule has 0 aliphatic carbocycles. The molecule has 1 N–H and O–H groups in total. The molecule has 0 amide bonds. The van der Waals surface area contributed by atoms with Gasteiger partial charge in [0.05, 0.1) is 0 Å². The highest BCUT2D eigenvalue weighted by Gasteiger charge is 2.38. The van der Waals surface area contributed by atoms with Crippen molar-refractivity contribution in [1.82, 2.24) is 0 Å². The largest absolute Gasteiger partial charge is 0.385 e. The van der Waals surface area contributed by atoms with Crippen LogP contribution in [0, 0.1) is 10.1 Å². The first kappa shape index (κ1) is 9.09. The van der Waals surface area contributed by atoms with Crippen molar-refractivity contribution in [3.05, 3.63) is 10.1 Å². The SMILES string of the molecule is CC(O)C(C)(I)[N+](=O)[O-]. The molecule has 0 saturated carbocycles. The number of halogens is 1. The molecule has 0 spiro atoms. The maximum absolute atomic E-state index is 10.1. The monoisotopic (exact) mass is 245 g/mol. The predicted octanol–water partition coefficient (Wildman–Crippen LogP) is 0.795. The minimum Gasteiger partial charge on any atom is -0.385 e. The van der Waals surface area contributed by atoms with Crippen LogP contribution in [0.1, 0.15) is 13.8 Å². The van der Waals surface area contributed by atoms with Crippen molar-refractivity contribution in [3.63, 3.8) is 0 Å². The van der Waals surface area contributed by atoms with Crippen molar-refractivity contribution in [2.45, 2.75) is 23.5 Å². The lowest BCUT2D eigenvalue weighted by atomic mass is 10.2. The molecule has 0 aromatic carbocycles. The van der Waals surface area contributed by atoms with E-state index >= 15 is 0 Å². The smallest absolute Gasteiger partial charge is 0.291 e. The highest BCUT2D eigenvalue weighted by Crippen LogP contribution is 2.22. The fraction of sp³-hybridized carbons (Fsp3) is 1.00. The molecule has 0 aromatic heterocycles. The molecule has 0 fully saturated rings. The Hall–Kier alpha value is 0.0900. The van der Waals surface area contributed by atoms with E-state index in [0.717, 1.165) is 0 Å². The number of nitrogens with zero attached hydrogens (tertiary/aromatic N) is 1. The van der Waals surface area contributed by atoms with Gasteiger partial charge in [-0.05, 0) is 6.92 Å². The van der Waals surface area contributed by atoms with Gasteiger partial charge >= 0.3 is 0 Å². The third-order valence-corrected chi connectivity index (χ3v) is 2.41. The van der Waals surface area contributed by atoms with Gasteiger partial charge in [-0.25, -0.2) is 0 Å². The van der Waals surface area contributed by atoms with Crippen molar-refractivity contribution in [2.24, 2.45) is 0 Å². The summed E-state index contributed by atoms with van der Waals surface area (Å²) in [5, 5.41) is 18.9. The van der Waals surface area contributed by atoms with E-state index in [-0.39, 0.29) is 0 Å². The number of aliphatic hydroxyl groups excluding tert-OH is 1. The van der Waals surface area contributed by atoms with Gasteiger partial charge in [0.2, 0.25) is 0 Å². The molecule has 0 aromatic rings. The van der Waals surface area contributed by atoms with Gasteiger partial charge in [0.1, 0.15) is 6.10 Å².